The second-order valence-electron chi connectivity index (χ2n) is 9.25. The van der Waals surface area contributed by atoms with Gasteiger partial charge < -0.3 is 29.1 Å². The largest absolute Gasteiger partial charge is 0.508 e. The lowest BCUT2D eigenvalue weighted by atomic mass is 9.97. The van der Waals surface area contributed by atoms with Gasteiger partial charge in [-0.05, 0) is 73.0 Å². The monoisotopic (exact) mass is 513 g/mol. The molecule has 0 saturated heterocycles. The van der Waals surface area contributed by atoms with Crippen LogP contribution in [0.1, 0.15) is 28.4 Å². The summed E-state index contributed by atoms with van der Waals surface area (Å²) < 4.78 is 17.2. The van der Waals surface area contributed by atoms with Crippen LogP contribution in [0.5, 0.6) is 11.5 Å². The zero-order chi connectivity index (χ0) is 27.0. The molecular formula is C30H27NO7. The second kappa shape index (κ2) is 10.1. The maximum absolute atomic E-state index is 13.1. The normalized spacial score (nSPS) is 12.1. The number of phenolic OH excluding ortho intramolecular Hbond substituents is 1. The number of aromatic hydroxyl groups is 1. The Labute approximate surface area is 218 Å². The first-order valence-corrected chi connectivity index (χ1v) is 12.1. The number of hydrogen-bond acceptors (Lipinski definition) is 7. The highest BCUT2D eigenvalue weighted by Crippen LogP contribution is 2.40. The standard InChI is InChI=1S/C30H27NO7/c1-16-11-24-28(17(2)12-26(35)37-24)30-27(16)22(29(38-30)18-7-9-21(36-3)10-8-18)14-25(34)31-15-23(33)19-5-4-6-20(32)13-19/h4-13,23,32-33H,14-15H2,1-3H3,(H,31,34). The molecule has 0 fully saturated rings. The van der Waals surface area contributed by atoms with Crippen LogP contribution in [0.4, 0.5) is 0 Å². The predicted molar refractivity (Wildman–Crippen MR) is 143 cm³/mol. The molecule has 8 nitrogen and oxygen atoms in total. The first-order chi connectivity index (χ1) is 18.2. The smallest absolute Gasteiger partial charge is 0.336 e. The van der Waals surface area contributed by atoms with Crippen molar-refractivity contribution >= 4 is 27.8 Å². The van der Waals surface area contributed by atoms with E-state index < -0.39 is 11.7 Å². The number of aliphatic hydroxyl groups is 1. The number of ether oxygens (including phenoxy) is 1. The first kappa shape index (κ1) is 25.1. The van der Waals surface area contributed by atoms with Crippen LogP contribution < -0.4 is 15.7 Å². The summed E-state index contributed by atoms with van der Waals surface area (Å²) in [7, 11) is 1.59. The third-order valence-corrected chi connectivity index (χ3v) is 6.60. The molecule has 5 rings (SSSR count). The number of carbonyl (C=O) groups excluding carboxylic acids is 1. The predicted octanol–water partition coefficient (Wildman–Crippen LogP) is 4.93. The van der Waals surface area contributed by atoms with E-state index in [0.717, 1.165) is 16.5 Å². The molecule has 3 N–H and O–H groups in total. The Kier molecular flexibility index (Phi) is 6.65. The maximum Gasteiger partial charge on any atom is 0.336 e. The highest BCUT2D eigenvalue weighted by molar-refractivity contribution is 6.09. The van der Waals surface area contributed by atoms with Crippen LogP contribution in [-0.4, -0.2) is 29.8 Å². The van der Waals surface area contributed by atoms with Gasteiger partial charge in [0.1, 0.15) is 28.4 Å². The third kappa shape index (κ3) is 4.73. The number of rotatable bonds is 7. The Balaban J connectivity index is 1.56. The Morgan fingerprint density at radius 3 is 2.45 bits per heavy atom. The van der Waals surface area contributed by atoms with Gasteiger partial charge in [-0.3, -0.25) is 4.79 Å². The zero-order valence-corrected chi connectivity index (χ0v) is 21.2. The van der Waals surface area contributed by atoms with E-state index in [1.807, 2.05) is 38.1 Å². The van der Waals surface area contributed by atoms with Crippen molar-refractivity contribution < 1.29 is 28.6 Å². The van der Waals surface area contributed by atoms with Crippen molar-refractivity contribution in [1.82, 2.24) is 5.32 Å². The lowest BCUT2D eigenvalue weighted by molar-refractivity contribution is -0.120. The van der Waals surface area contributed by atoms with Crippen molar-refractivity contribution in [3.8, 4) is 22.8 Å². The van der Waals surface area contributed by atoms with Crippen LogP contribution in [0, 0.1) is 13.8 Å². The molecule has 2 aromatic heterocycles. The Morgan fingerprint density at radius 1 is 1.00 bits per heavy atom. The summed E-state index contributed by atoms with van der Waals surface area (Å²) in [6, 6.07) is 16.8. The van der Waals surface area contributed by atoms with E-state index in [0.29, 0.717) is 44.8 Å². The van der Waals surface area contributed by atoms with Gasteiger partial charge in [0.2, 0.25) is 5.91 Å². The van der Waals surface area contributed by atoms with E-state index >= 15 is 0 Å². The summed E-state index contributed by atoms with van der Waals surface area (Å²) in [5, 5.41) is 24.4. The van der Waals surface area contributed by atoms with Crippen LogP contribution in [0.3, 0.4) is 0 Å². The molecule has 0 saturated carbocycles. The van der Waals surface area contributed by atoms with Gasteiger partial charge in [0.15, 0.2) is 0 Å². The highest BCUT2D eigenvalue weighted by Gasteiger charge is 2.24. The number of hydrogen-bond donors (Lipinski definition) is 3. The average molecular weight is 514 g/mol. The molecule has 0 aliphatic carbocycles. The Bertz CT molecular complexity index is 1710. The van der Waals surface area contributed by atoms with Gasteiger partial charge in [0.25, 0.3) is 0 Å². The molecule has 2 heterocycles. The van der Waals surface area contributed by atoms with Crippen molar-refractivity contribution in [1.29, 1.82) is 0 Å². The fourth-order valence-corrected chi connectivity index (χ4v) is 4.78. The number of carbonyl (C=O) groups is 1. The molecule has 0 radical (unpaired) electrons. The fourth-order valence-electron chi connectivity index (χ4n) is 4.78. The third-order valence-electron chi connectivity index (χ3n) is 6.60. The summed E-state index contributed by atoms with van der Waals surface area (Å²) in [6.07, 6.45) is -0.993. The van der Waals surface area contributed by atoms with Gasteiger partial charge in [-0.1, -0.05) is 12.1 Å². The maximum atomic E-state index is 13.1. The summed E-state index contributed by atoms with van der Waals surface area (Å²) in [4.78, 5) is 25.1. The molecule has 5 aromatic rings. The quantitative estimate of drug-likeness (QED) is 0.264. The van der Waals surface area contributed by atoms with Crippen LogP contribution in [0.2, 0.25) is 0 Å². The number of phenols is 1. The van der Waals surface area contributed by atoms with E-state index in [2.05, 4.69) is 5.32 Å². The van der Waals surface area contributed by atoms with Crippen LogP contribution in [0.15, 0.2) is 74.3 Å². The molecule has 1 atom stereocenters. The van der Waals surface area contributed by atoms with Crippen molar-refractivity contribution in [2.75, 3.05) is 13.7 Å². The van der Waals surface area contributed by atoms with Gasteiger partial charge in [-0.2, -0.15) is 0 Å². The lowest BCUT2D eigenvalue weighted by Crippen LogP contribution is -2.29. The minimum Gasteiger partial charge on any atom is -0.508 e. The van der Waals surface area contributed by atoms with E-state index in [9.17, 15) is 19.8 Å². The Hall–Kier alpha value is -4.56. The van der Waals surface area contributed by atoms with Gasteiger partial charge in [-0.25, -0.2) is 4.79 Å². The van der Waals surface area contributed by atoms with Gasteiger partial charge >= 0.3 is 5.63 Å². The number of aliphatic hydroxyl groups excluding tert-OH is 1. The van der Waals surface area contributed by atoms with E-state index in [1.54, 1.807) is 25.3 Å². The molecule has 0 bridgehead atoms. The van der Waals surface area contributed by atoms with Crippen LogP contribution >= 0.6 is 0 Å². The molecular weight excluding hydrogens is 486 g/mol. The average Bonchev–Trinajstić information content (AvgIpc) is 3.26. The molecule has 1 amide bonds. The molecule has 0 aliphatic rings. The second-order valence-corrected chi connectivity index (χ2v) is 9.25. The first-order valence-electron chi connectivity index (χ1n) is 12.1. The minimum absolute atomic E-state index is 0.0106. The van der Waals surface area contributed by atoms with Gasteiger partial charge in [0, 0.05) is 29.1 Å². The van der Waals surface area contributed by atoms with Crippen molar-refractivity contribution in [2.24, 2.45) is 0 Å². The number of fused-ring (bicyclic) bond motifs is 3. The number of nitrogens with one attached hydrogen (secondary N) is 1. The molecule has 194 valence electrons. The van der Waals surface area contributed by atoms with Crippen LogP contribution in [-0.2, 0) is 11.2 Å². The van der Waals surface area contributed by atoms with Crippen LogP contribution in [0.25, 0.3) is 33.3 Å². The number of benzene rings is 3. The summed E-state index contributed by atoms with van der Waals surface area (Å²) in [6.45, 7) is 3.67. The molecule has 0 spiro atoms. The van der Waals surface area contributed by atoms with Crippen molar-refractivity contribution in [3.63, 3.8) is 0 Å². The topological polar surface area (TPSA) is 122 Å². The summed E-state index contributed by atoms with van der Waals surface area (Å²) >= 11 is 0. The van der Waals surface area contributed by atoms with Gasteiger partial charge in [0.05, 0.1) is 25.0 Å². The summed E-state index contributed by atoms with van der Waals surface area (Å²) in [5.41, 5.74) is 3.95. The van der Waals surface area contributed by atoms with Gasteiger partial charge in [-0.15, -0.1) is 0 Å². The number of amides is 1. The van der Waals surface area contributed by atoms with Crippen molar-refractivity contribution in [2.45, 2.75) is 26.4 Å². The fraction of sp³-hybridized carbons (Fsp3) is 0.200. The molecule has 0 aliphatic heterocycles. The number of aryl methyl sites for hydroxylation is 2. The van der Waals surface area contributed by atoms with E-state index in [4.69, 9.17) is 13.6 Å². The van der Waals surface area contributed by atoms with Crippen molar-refractivity contribution in [3.05, 3.63) is 93.3 Å². The Morgan fingerprint density at radius 2 is 1.74 bits per heavy atom. The lowest BCUT2D eigenvalue weighted by Gasteiger charge is -2.13. The number of methoxy groups -OCH3 is 1. The molecule has 8 heteroatoms. The molecule has 1 unspecified atom stereocenters. The van der Waals surface area contributed by atoms with E-state index in [1.165, 1.54) is 18.2 Å². The number of furan rings is 1. The molecule has 3 aromatic carbocycles. The van der Waals surface area contributed by atoms with E-state index in [-0.39, 0.29) is 24.6 Å². The molecule has 38 heavy (non-hydrogen) atoms. The SMILES string of the molecule is COc1ccc(-c2oc3c(c(C)cc4oc(=O)cc(C)c43)c2CC(=O)NCC(O)c2cccc(O)c2)cc1. The zero-order valence-electron chi connectivity index (χ0n) is 21.2. The minimum atomic E-state index is -0.982. The highest BCUT2D eigenvalue weighted by atomic mass is 16.5. The summed E-state index contributed by atoms with van der Waals surface area (Å²) in [5.74, 6) is 0.935.